The maximum Gasteiger partial charge on any atom is 0.498 e. The Hall–Kier alpha value is -1.22. The lowest BCUT2D eigenvalue weighted by atomic mass is 9.81. The van der Waals surface area contributed by atoms with Gasteiger partial charge < -0.3 is 24.8 Å². The van der Waals surface area contributed by atoms with E-state index in [1.54, 1.807) is 0 Å². The summed E-state index contributed by atoms with van der Waals surface area (Å²) in [5, 5.41) is 0. The molecule has 1 unspecified atom stereocenters. The van der Waals surface area contributed by atoms with Gasteiger partial charge in [0.1, 0.15) is 0 Å². The van der Waals surface area contributed by atoms with Crippen molar-refractivity contribution in [2.24, 2.45) is 11.7 Å². The fourth-order valence-corrected chi connectivity index (χ4v) is 4.09. The van der Waals surface area contributed by atoms with Crippen LogP contribution < -0.4 is 16.1 Å². The van der Waals surface area contributed by atoms with Crippen LogP contribution in [0.3, 0.4) is 0 Å². The average Bonchev–Trinajstić information content (AvgIpc) is 3.34. The summed E-state index contributed by atoms with van der Waals surface area (Å²) in [5.41, 5.74) is 5.89. The van der Waals surface area contributed by atoms with Crippen LogP contribution in [0.4, 0.5) is 5.95 Å². The molecule has 3 heterocycles. The first-order valence-electron chi connectivity index (χ1n) is 10.7. The first-order valence-corrected chi connectivity index (χ1v) is 10.7. The molecule has 1 atom stereocenters. The lowest BCUT2D eigenvalue weighted by Gasteiger charge is -2.32. The Kier molecular flexibility index (Phi) is 5.42. The molecule has 1 aromatic rings. The van der Waals surface area contributed by atoms with Crippen molar-refractivity contribution >= 4 is 18.5 Å². The summed E-state index contributed by atoms with van der Waals surface area (Å²) in [6.07, 6.45) is 7.45. The highest BCUT2D eigenvalue weighted by molar-refractivity contribution is 6.61. The summed E-state index contributed by atoms with van der Waals surface area (Å²) < 4.78 is 12.2. The van der Waals surface area contributed by atoms with Gasteiger partial charge in [0.05, 0.1) is 11.2 Å². The third kappa shape index (κ3) is 4.06. The Bertz CT molecular complexity index is 664. The molecule has 0 aromatic carbocycles. The molecule has 8 heteroatoms. The van der Waals surface area contributed by atoms with Crippen LogP contribution in [0.1, 0.15) is 47.0 Å². The van der Waals surface area contributed by atoms with Gasteiger partial charge in [0, 0.05) is 50.1 Å². The molecule has 1 saturated carbocycles. The van der Waals surface area contributed by atoms with Crippen LogP contribution in [0.2, 0.25) is 0 Å². The van der Waals surface area contributed by atoms with Crippen molar-refractivity contribution in [3.05, 3.63) is 12.4 Å². The van der Waals surface area contributed by atoms with Gasteiger partial charge in [-0.25, -0.2) is 9.97 Å². The van der Waals surface area contributed by atoms with Crippen molar-refractivity contribution in [1.29, 1.82) is 0 Å². The fraction of sp³-hybridized carbons (Fsp3) is 0.800. The van der Waals surface area contributed by atoms with Gasteiger partial charge >= 0.3 is 7.12 Å². The minimum Gasteiger partial charge on any atom is -0.399 e. The van der Waals surface area contributed by atoms with Crippen molar-refractivity contribution in [3.8, 4) is 0 Å². The fourth-order valence-electron chi connectivity index (χ4n) is 4.09. The molecule has 0 radical (unpaired) electrons. The van der Waals surface area contributed by atoms with Gasteiger partial charge in [-0.1, -0.05) is 0 Å². The minimum absolute atomic E-state index is 0.353. The number of nitrogens with zero attached hydrogens (tertiary/aromatic N) is 4. The van der Waals surface area contributed by atoms with E-state index in [0.717, 1.165) is 44.1 Å². The molecule has 3 aliphatic rings. The number of hydrogen-bond donors (Lipinski definition) is 1. The molecule has 2 N–H and O–H groups in total. The number of aromatic nitrogens is 2. The SMILES string of the molecule is CC1(C)OB(c2cnc(N(CC3CCN(CCN)C3)C3CC3)nc2)OC1(C)C. The molecular formula is C20H34BN5O2. The average molecular weight is 387 g/mol. The molecule has 0 amide bonds. The lowest BCUT2D eigenvalue weighted by molar-refractivity contribution is 0.00578. The number of hydrogen-bond acceptors (Lipinski definition) is 7. The minimum atomic E-state index is -0.409. The smallest absolute Gasteiger partial charge is 0.399 e. The number of anilines is 1. The highest BCUT2D eigenvalue weighted by Gasteiger charge is 2.52. The molecule has 4 rings (SSSR count). The first kappa shape index (κ1) is 20.1. The topological polar surface area (TPSA) is 76.7 Å². The van der Waals surface area contributed by atoms with Gasteiger partial charge in [-0.2, -0.15) is 0 Å². The molecule has 2 aliphatic heterocycles. The molecule has 7 nitrogen and oxygen atoms in total. The van der Waals surface area contributed by atoms with Crippen molar-refractivity contribution in [1.82, 2.24) is 14.9 Å². The highest BCUT2D eigenvalue weighted by atomic mass is 16.7. The summed E-state index contributed by atoms with van der Waals surface area (Å²) in [7, 11) is -0.409. The van der Waals surface area contributed by atoms with Crippen LogP contribution >= 0.6 is 0 Å². The predicted octanol–water partition coefficient (Wildman–Crippen LogP) is 1.03. The van der Waals surface area contributed by atoms with Crippen molar-refractivity contribution < 1.29 is 9.31 Å². The Morgan fingerprint density at radius 2 is 1.79 bits per heavy atom. The number of nitrogens with two attached hydrogens (primary N) is 1. The summed E-state index contributed by atoms with van der Waals surface area (Å²) in [6.45, 7) is 13.3. The van der Waals surface area contributed by atoms with Crippen LogP contribution in [0.15, 0.2) is 12.4 Å². The van der Waals surface area contributed by atoms with E-state index in [9.17, 15) is 0 Å². The van der Waals surface area contributed by atoms with Gasteiger partial charge in [0.2, 0.25) is 5.95 Å². The quantitative estimate of drug-likeness (QED) is 0.700. The zero-order chi connectivity index (χ0) is 19.9. The normalized spacial score (nSPS) is 26.8. The second-order valence-electron chi connectivity index (χ2n) is 9.53. The maximum atomic E-state index is 6.12. The van der Waals surface area contributed by atoms with Crippen molar-refractivity contribution in [3.63, 3.8) is 0 Å². The van der Waals surface area contributed by atoms with E-state index < -0.39 is 7.12 Å². The van der Waals surface area contributed by atoms with E-state index in [1.807, 2.05) is 12.4 Å². The summed E-state index contributed by atoms with van der Waals surface area (Å²) in [5.74, 6) is 1.50. The van der Waals surface area contributed by atoms with E-state index in [1.165, 1.54) is 19.3 Å². The zero-order valence-corrected chi connectivity index (χ0v) is 17.7. The Morgan fingerprint density at radius 3 is 2.36 bits per heavy atom. The zero-order valence-electron chi connectivity index (χ0n) is 17.7. The highest BCUT2D eigenvalue weighted by Crippen LogP contribution is 2.36. The van der Waals surface area contributed by atoms with Crippen LogP contribution in [-0.4, -0.2) is 72.0 Å². The van der Waals surface area contributed by atoms with E-state index in [4.69, 9.17) is 25.0 Å². The van der Waals surface area contributed by atoms with Crippen LogP contribution in [0.5, 0.6) is 0 Å². The molecule has 0 bridgehead atoms. The van der Waals surface area contributed by atoms with Gasteiger partial charge in [-0.15, -0.1) is 0 Å². The molecule has 154 valence electrons. The lowest BCUT2D eigenvalue weighted by Crippen LogP contribution is -2.41. The van der Waals surface area contributed by atoms with E-state index in [0.29, 0.717) is 12.0 Å². The predicted molar refractivity (Wildman–Crippen MR) is 112 cm³/mol. The second kappa shape index (κ2) is 7.56. The van der Waals surface area contributed by atoms with E-state index in [-0.39, 0.29) is 11.2 Å². The molecule has 28 heavy (non-hydrogen) atoms. The van der Waals surface area contributed by atoms with E-state index in [2.05, 4.69) is 37.5 Å². The Balaban J connectivity index is 1.42. The molecule has 0 spiro atoms. The van der Waals surface area contributed by atoms with Gasteiger partial charge in [-0.3, -0.25) is 0 Å². The maximum absolute atomic E-state index is 6.12. The third-order valence-electron chi connectivity index (χ3n) is 6.70. The van der Waals surface area contributed by atoms with Gasteiger partial charge in [0.25, 0.3) is 0 Å². The van der Waals surface area contributed by atoms with Gasteiger partial charge in [-0.05, 0) is 59.4 Å². The van der Waals surface area contributed by atoms with Crippen molar-refractivity contribution in [2.45, 2.75) is 64.2 Å². The number of likely N-dealkylation sites (tertiary alicyclic amines) is 1. The summed E-state index contributed by atoms with van der Waals surface area (Å²) in [6, 6.07) is 0.589. The van der Waals surface area contributed by atoms with Gasteiger partial charge in [0.15, 0.2) is 0 Å². The standard InChI is InChI=1S/C20H34BN5O2/c1-19(2)20(3,4)28-21(27-19)16-11-23-18(24-12-16)26(17-5-6-17)14-15-7-9-25(13-15)10-8-22/h11-12,15,17H,5-10,13-14,22H2,1-4H3. The molecule has 3 fully saturated rings. The molecular weight excluding hydrogens is 353 g/mol. The largest absolute Gasteiger partial charge is 0.498 e. The Labute approximate surface area is 169 Å². The molecule has 1 aliphatic carbocycles. The number of rotatable bonds is 7. The van der Waals surface area contributed by atoms with Crippen LogP contribution in [-0.2, 0) is 9.31 Å². The first-order chi connectivity index (χ1) is 13.3. The third-order valence-corrected chi connectivity index (χ3v) is 6.70. The van der Waals surface area contributed by atoms with Crippen LogP contribution in [0.25, 0.3) is 0 Å². The summed E-state index contributed by atoms with van der Waals surface area (Å²) in [4.78, 5) is 14.3. The van der Waals surface area contributed by atoms with Crippen molar-refractivity contribution in [2.75, 3.05) is 37.6 Å². The molecule has 2 saturated heterocycles. The van der Waals surface area contributed by atoms with Crippen LogP contribution in [0, 0.1) is 5.92 Å². The second-order valence-corrected chi connectivity index (χ2v) is 9.53. The van der Waals surface area contributed by atoms with E-state index >= 15 is 0 Å². The molecule has 1 aromatic heterocycles. The monoisotopic (exact) mass is 387 g/mol. The summed E-state index contributed by atoms with van der Waals surface area (Å²) >= 11 is 0. The Morgan fingerprint density at radius 1 is 1.14 bits per heavy atom.